The minimum Gasteiger partial charge on any atom is -0.309 e. The Balaban J connectivity index is 1.87. The molecule has 1 aromatic carbocycles. The van der Waals surface area contributed by atoms with Crippen molar-refractivity contribution in [1.82, 2.24) is 5.32 Å². The maximum Gasteiger partial charge on any atom is 0.0294 e. The highest BCUT2D eigenvalue weighted by Crippen LogP contribution is 2.26. The van der Waals surface area contributed by atoms with Gasteiger partial charge in [0, 0.05) is 17.8 Å². The number of aryl methyl sites for hydroxylation is 1. The molecule has 2 atom stereocenters. The van der Waals surface area contributed by atoms with Gasteiger partial charge in [0.25, 0.3) is 0 Å². The predicted octanol–water partition coefficient (Wildman–Crippen LogP) is 3.54. The molecule has 0 aliphatic carbocycles. The van der Waals surface area contributed by atoms with Gasteiger partial charge in [0.15, 0.2) is 0 Å². The molecule has 0 bridgehead atoms. The zero-order chi connectivity index (χ0) is 11.4. The molecule has 0 spiro atoms. The molecule has 1 nitrogen and oxygen atoms in total. The van der Waals surface area contributed by atoms with Gasteiger partial charge in [0.05, 0.1) is 0 Å². The van der Waals surface area contributed by atoms with Crippen molar-refractivity contribution in [2.75, 3.05) is 12.3 Å². The zero-order valence-corrected chi connectivity index (χ0v) is 11.0. The van der Waals surface area contributed by atoms with E-state index in [1.54, 1.807) is 0 Å². The van der Waals surface area contributed by atoms with E-state index in [0.717, 1.165) is 11.8 Å². The summed E-state index contributed by atoms with van der Waals surface area (Å²) in [6, 6.07) is 9.14. The lowest BCUT2D eigenvalue weighted by Gasteiger charge is -2.18. The van der Waals surface area contributed by atoms with Crippen LogP contribution in [0.2, 0.25) is 0 Å². The van der Waals surface area contributed by atoms with Crippen molar-refractivity contribution in [3.8, 4) is 0 Å². The van der Waals surface area contributed by atoms with E-state index in [9.17, 15) is 0 Å². The molecule has 2 rings (SSSR count). The zero-order valence-electron chi connectivity index (χ0n) is 10.2. The molecule has 0 aromatic heterocycles. The summed E-state index contributed by atoms with van der Waals surface area (Å²) in [5.74, 6) is 1.35. The molecule has 0 amide bonds. The Hall–Kier alpha value is -0.470. The molecule has 2 unspecified atom stereocenters. The van der Waals surface area contributed by atoms with E-state index in [1.165, 1.54) is 29.7 Å². The number of thioether (sulfide) groups is 1. The summed E-state index contributed by atoms with van der Waals surface area (Å²) < 4.78 is 0. The third kappa shape index (κ3) is 3.02. The van der Waals surface area contributed by atoms with Gasteiger partial charge in [-0.2, -0.15) is 11.8 Å². The van der Waals surface area contributed by atoms with Gasteiger partial charge >= 0.3 is 0 Å². The number of hydrogen-bond acceptors (Lipinski definition) is 2. The van der Waals surface area contributed by atoms with E-state index in [0.29, 0.717) is 6.04 Å². The number of benzene rings is 1. The monoisotopic (exact) mass is 235 g/mol. The van der Waals surface area contributed by atoms with Gasteiger partial charge in [-0.3, -0.25) is 0 Å². The number of rotatable bonds is 4. The van der Waals surface area contributed by atoms with Crippen LogP contribution in [0, 0.1) is 6.92 Å². The Morgan fingerprint density at radius 1 is 1.44 bits per heavy atom. The second-order valence-electron chi connectivity index (χ2n) is 4.62. The van der Waals surface area contributed by atoms with Gasteiger partial charge in [-0.25, -0.2) is 0 Å². The third-order valence-corrected chi connectivity index (χ3v) is 4.73. The normalized spacial score (nSPS) is 22.2. The fraction of sp³-hybridized carbons (Fsp3) is 0.571. The molecule has 2 heteroatoms. The summed E-state index contributed by atoms with van der Waals surface area (Å²) in [5.41, 5.74) is 2.83. The van der Waals surface area contributed by atoms with Crippen molar-refractivity contribution in [1.29, 1.82) is 0 Å². The highest BCUT2D eigenvalue weighted by Gasteiger charge is 2.16. The van der Waals surface area contributed by atoms with Crippen molar-refractivity contribution >= 4 is 11.8 Å². The lowest BCUT2D eigenvalue weighted by Crippen LogP contribution is -2.26. The van der Waals surface area contributed by atoms with Crippen molar-refractivity contribution in [3.63, 3.8) is 0 Å². The molecule has 1 aliphatic rings. The summed E-state index contributed by atoms with van der Waals surface area (Å²) in [6.07, 6.45) is 2.79. The van der Waals surface area contributed by atoms with Crippen molar-refractivity contribution in [2.45, 2.75) is 38.0 Å². The Kier molecular flexibility index (Phi) is 4.30. The van der Waals surface area contributed by atoms with Gasteiger partial charge in [0.1, 0.15) is 0 Å². The van der Waals surface area contributed by atoms with Crippen LogP contribution in [0.25, 0.3) is 0 Å². The van der Waals surface area contributed by atoms with Gasteiger partial charge in [-0.15, -0.1) is 0 Å². The average Bonchev–Trinajstić information content (AvgIpc) is 2.79. The van der Waals surface area contributed by atoms with Crippen LogP contribution in [0.4, 0.5) is 0 Å². The summed E-state index contributed by atoms with van der Waals surface area (Å²) in [7, 11) is 0. The van der Waals surface area contributed by atoms with E-state index in [1.807, 2.05) is 0 Å². The van der Waals surface area contributed by atoms with Crippen LogP contribution in [0.1, 0.15) is 36.9 Å². The summed E-state index contributed by atoms with van der Waals surface area (Å²) >= 11 is 2.12. The second kappa shape index (κ2) is 5.74. The van der Waals surface area contributed by atoms with Crippen LogP contribution in [0.3, 0.4) is 0 Å². The van der Waals surface area contributed by atoms with E-state index in [-0.39, 0.29) is 0 Å². The first-order valence-electron chi connectivity index (χ1n) is 6.18. The average molecular weight is 235 g/mol. The summed E-state index contributed by atoms with van der Waals surface area (Å²) in [4.78, 5) is 0. The van der Waals surface area contributed by atoms with Crippen LogP contribution in [0.5, 0.6) is 0 Å². The first-order valence-corrected chi connectivity index (χ1v) is 7.23. The highest BCUT2D eigenvalue weighted by atomic mass is 32.2. The molecule has 1 fully saturated rings. The van der Waals surface area contributed by atoms with E-state index >= 15 is 0 Å². The molecule has 1 aliphatic heterocycles. The SMILES string of the molecule is Cc1ccccc1C(C)NCC1CCCS1. The first-order chi connectivity index (χ1) is 7.77. The van der Waals surface area contributed by atoms with E-state index in [4.69, 9.17) is 0 Å². The van der Waals surface area contributed by atoms with Gasteiger partial charge in [-0.1, -0.05) is 24.3 Å². The maximum atomic E-state index is 3.66. The minimum atomic E-state index is 0.474. The van der Waals surface area contributed by atoms with Crippen LogP contribution in [-0.4, -0.2) is 17.5 Å². The van der Waals surface area contributed by atoms with Crippen LogP contribution in [0.15, 0.2) is 24.3 Å². The fourth-order valence-electron chi connectivity index (χ4n) is 2.30. The quantitative estimate of drug-likeness (QED) is 0.856. The highest BCUT2D eigenvalue weighted by molar-refractivity contribution is 8.00. The van der Waals surface area contributed by atoms with Crippen molar-refractivity contribution < 1.29 is 0 Å². The van der Waals surface area contributed by atoms with E-state index < -0.39 is 0 Å². The smallest absolute Gasteiger partial charge is 0.0294 e. The molecule has 1 aromatic rings. The first kappa shape index (κ1) is 12.0. The topological polar surface area (TPSA) is 12.0 Å². The van der Waals surface area contributed by atoms with Crippen LogP contribution in [-0.2, 0) is 0 Å². The Morgan fingerprint density at radius 2 is 2.25 bits per heavy atom. The Morgan fingerprint density at radius 3 is 2.94 bits per heavy atom. The minimum absolute atomic E-state index is 0.474. The number of hydrogen-bond donors (Lipinski definition) is 1. The van der Waals surface area contributed by atoms with Crippen molar-refractivity contribution in [2.24, 2.45) is 0 Å². The Labute approximate surface area is 103 Å². The summed E-state index contributed by atoms with van der Waals surface area (Å²) in [6.45, 7) is 5.61. The Bertz CT molecular complexity index is 331. The molecule has 1 saturated heterocycles. The molecule has 0 radical (unpaired) electrons. The molecule has 1 heterocycles. The van der Waals surface area contributed by atoms with Gasteiger partial charge in [0.2, 0.25) is 0 Å². The largest absolute Gasteiger partial charge is 0.309 e. The van der Waals surface area contributed by atoms with Crippen LogP contribution < -0.4 is 5.32 Å². The van der Waals surface area contributed by atoms with Crippen LogP contribution >= 0.6 is 11.8 Å². The van der Waals surface area contributed by atoms with Gasteiger partial charge in [-0.05, 0) is 43.6 Å². The lowest BCUT2D eigenvalue weighted by molar-refractivity contribution is 0.557. The predicted molar refractivity (Wildman–Crippen MR) is 73.1 cm³/mol. The third-order valence-electron chi connectivity index (χ3n) is 3.33. The lowest BCUT2D eigenvalue weighted by atomic mass is 10.0. The molecular formula is C14H21NS. The molecular weight excluding hydrogens is 214 g/mol. The van der Waals surface area contributed by atoms with Gasteiger partial charge < -0.3 is 5.32 Å². The number of nitrogens with one attached hydrogen (secondary N) is 1. The molecule has 16 heavy (non-hydrogen) atoms. The standard InChI is InChI=1S/C14H21NS/c1-11-6-3-4-8-14(11)12(2)15-10-13-7-5-9-16-13/h3-4,6,8,12-13,15H,5,7,9-10H2,1-2H3. The fourth-order valence-corrected chi connectivity index (χ4v) is 3.51. The molecule has 1 N–H and O–H groups in total. The maximum absolute atomic E-state index is 3.66. The van der Waals surface area contributed by atoms with Crippen molar-refractivity contribution in [3.05, 3.63) is 35.4 Å². The molecule has 88 valence electrons. The van der Waals surface area contributed by atoms with E-state index in [2.05, 4.69) is 55.2 Å². The second-order valence-corrected chi connectivity index (χ2v) is 6.03. The summed E-state index contributed by atoms with van der Waals surface area (Å²) in [5, 5.41) is 4.50. The molecule has 0 saturated carbocycles.